The molecule has 4 nitrogen and oxygen atoms in total. The zero-order chi connectivity index (χ0) is 12.5. The summed E-state index contributed by atoms with van der Waals surface area (Å²) in [6.07, 6.45) is 8.11. The van der Waals surface area contributed by atoms with E-state index >= 15 is 0 Å². The lowest BCUT2D eigenvalue weighted by molar-refractivity contribution is -0.137. The Bertz CT molecular complexity index is 213. The van der Waals surface area contributed by atoms with Crippen LogP contribution >= 0.6 is 0 Å². The van der Waals surface area contributed by atoms with Gasteiger partial charge in [-0.2, -0.15) is 0 Å². The molecule has 3 N–H and O–H groups in total. The van der Waals surface area contributed by atoms with Crippen LogP contribution in [0.15, 0.2) is 0 Å². The number of carboxylic acid groups (broad SMARTS) is 1. The van der Waals surface area contributed by atoms with Gasteiger partial charge in [-0.05, 0) is 45.3 Å². The maximum atomic E-state index is 10.3. The lowest BCUT2D eigenvalue weighted by atomic mass is 10.1. The van der Waals surface area contributed by atoms with Crippen molar-refractivity contribution in [1.82, 2.24) is 4.90 Å². The Balaban J connectivity index is 1.85. The quantitative estimate of drug-likeness (QED) is 0.637. The molecule has 17 heavy (non-hydrogen) atoms. The number of nitrogens with zero attached hydrogens (tertiary/aromatic N) is 1. The molecule has 1 aliphatic heterocycles. The zero-order valence-electron chi connectivity index (χ0n) is 10.7. The van der Waals surface area contributed by atoms with Crippen LogP contribution in [0, 0.1) is 0 Å². The van der Waals surface area contributed by atoms with E-state index in [2.05, 4.69) is 4.90 Å². The number of piperidine rings is 1. The van der Waals surface area contributed by atoms with E-state index in [0.717, 1.165) is 38.8 Å². The van der Waals surface area contributed by atoms with Crippen molar-refractivity contribution in [3.63, 3.8) is 0 Å². The third-order valence-corrected chi connectivity index (χ3v) is 3.50. The fraction of sp³-hybridized carbons (Fsp3) is 0.923. The number of carbonyl (C=O) groups is 1. The molecule has 0 unspecified atom stereocenters. The molecule has 0 aliphatic carbocycles. The Kier molecular flexibility index (Phi) is 7.21. The van der Waals surface area contributed by atoms with Gasteiger partial charge in [0.2, 0.25) is 0 Å². The molecular weight excluding hydrogens is 216 g/mol. The van der Waals surface area contributed by atoms with Crippen LogP contribution < -0.4 is 5.73 Å². The summed E-state index contributed by atoms with van der Waals surface area (Å²) >= 11 is 0. The van der Waals surface area contributed by atoms with Crippen molar-refractivity contribution in [3.05, 3.63) is 0 Å². The van der Waals surface area contributed by atoms with Crippen LogP contribution in [0.2, 0.25) is 0 Å². The minimum atomic E-state index is -0.672. The van der Waals surface area contributed by atoms with Crippen LogP contribution in [0.25, 0.3) is 0 Å². The van der Waals surface area contributed by atoms with Gasteiger partial charge in [0, 0.05) is 12.5 Å². The predicted molar refractivity (Wildman–Crippen MR) is 69.0 cm³/mol. The van der Waals surface area contributed by atoms with Crippen molar-refractivity contribution in [3.8, 4) is 0 Å². The Morgan fingerprint density at radius 3 is 2.35 bits per heavy atom. The second kappa shape index (κ2) is 8.48. The second-order valence-corrected chi connectivity index (χ2v) is 5.09. The average molecular weight is 242 g/mol. The van der Waals surface area contributed by atoms with Crippen molar-refractivity contribution < 1.29 is 9.90 Å². The highest BCUT2D eigenvalue weighted by Crippen LogP contribution is 2.11. The third-order valence-electron chi connectivity index (χ3n) is 3.50. The van der Waals surface area contributed by atoms with Crippen molar-refractivity contribution in [1.29, 1.82) is 0 Å². The van der Waals surface area contributed by atoms with Gasteiger partial charge in [0.25, 0.3) is 0 Å². The minimum absolute atomic E-state index is 0.323. The first-order valence-electron chi connectivity index (χ1n) is 6.88. The SMILES string of the molecule is NC1CCN(CCCCCCCC(=O)O)CC1. The van der Waals surface area contributed by atoms with Gasteiger partial charge in [-0.3, -0.25) is 4.79 Å². The minimum Gasteiger partial charge on any atom is -0.481 e. The highest BCUT2D eigenvalue weighted by molar-refractivity contribution is 5.66. The van der Waals surface area contributed by atoms with Crippen LogP contribution in [0.4, 0.5) is 0 Å². The van der Waals surface area contributed by atoms with Gasteiger partial charge >= 0.3 is 5.97 Å². The number of rotatable bonds is 8. The number of hydrogen-bond donors (Lipinski definition) is 2. The molecule has 0 aromatic carbocycles. The monoisotopic (exact) mass is 242 g/mol. The standard InChI is InChI=1S/C13H26N2O2/c14-12-7-10-15(11-8-12)9-5-3-1-2-4-6-13(16)17/h12H,1-11,14H2,(H,16,17). The van der Waals surface area contributed by atoms with Crippen LogP contribution in [-0.2, 0) is 4.79 Å². The normalized spacial score (nSPS) is 18.4. The van der Waals surface area contributed by atoms with E-state index in [4.69, 9.17) is 10.8 Å². The van der Waals surface area contributed by atoms with Crippen LogP contribution in [0.1, 0.15) is 51.4 Å². The van der Waals surface area contributed by atoms with Gasteiger partial charge < -0.3 is 15.7 Å². The fourth-order valence-electron chi connectivity index (χ4n) is 2.32. The van der Waals surface area contributed by atoms with Gasteiger partial charge in [-0.1, -0.05) is 19.3 Å². The molecule has 0 aromatic heterocycles. The first-order valence-corrected chi connectivity index (χ1v) is 6.88. The highest BCUT2D eigenvalue weighted by atomic mass is 16.4. The number of likely N-dealkylation sites (tertiary alicyclic amines) is 1. The fourth-order valence-corrected chi connectivity index (χ4v) is 2.32. The van der Waals surface area contributed by atoms with E-state index in [1.165, 1.54) is 25.8 Å². The maximum Gasteiger partial charge on any atom is 0.303 e. The van der Waals surface area contributed by atoms with Gasteiger partial charge in [0.05, 0.1) is 0 Å². The average Bonchev–Trinajstić information content (AvgIpc) is 2.30. The first-order chi connectivity index (χ1) is 8.18. The van der Waals surface area contributed by atoms with Crippen LogP contribution in [-0.4, -0.2) is 41.7 Å². The van der Waals surface area contributed by atoms with E-state index < -0.39 is 5.97 Å². The Morgan fingerprint density at radius 1 is 1.12 bits per heavy atom. The Hall–Kier alpha value is -0.610. The lowest BCUT2D eigenvalue weighted by Gasteiger charge is -2.29. The molecule has 4 heteroatoms. The zero-order valence-corrected chi connectivity index (χ0v) is 10.7. The summed E-state index contributed by atoms with van der Waals surface area (Å²) < 4.78 is 0. The van der Waals surface area contributed by atoms with Crippen molar-refractivity contribution in [2.45, 2.75) is 57.4 Å². The molecule has 0 spiro atoms. The predicted octanol–water partition coefficient (Wildman–Crippen LogP) is 1.83. The molecule has 0 aromatic rings. The number of unbranched alkanes of at least 4 members (excludes halogenated alkanes) is 4. The molecule has 1 heterocycles. The molecule has 0 amide bonds. The molecule has 0 atom stereocenters. The molecular formula is C13H26N2O2. The summed E-state index contributed by atoms with van der Waals surface area (Å²) in [5.41, 5.74) is 5.86. The maximum absolute atomic E-state index is 10.3. The Morgan fingerprint density at radius 2 is 1.71 bits per heavy atom. The summed E-state index contributed by atoms with van der Waals surface area (Å²) in [6.45, 7) is 3.49. The smallest absolute Gasteiger partial charge is 0.303 e. The van der Waals surface area contributed by atoms with Gasteiger partial charge in [-0.25, -0.2) is 0 Å². The van der Waals surface area contributed by atoms with E-state index in [9.17, 15) is 4.79 Å². The highest BCUT2D eigenvalue weighted by Gasteiger charge is 2.14. The van der Waals surface area contributed by atoms with E-state index in [1.54, 1.807) is 0 Å². The molecule has 0 radical (unpaired) electrons. The summed E-state index contributed by atoms with van der Waals surface area (Å²) in [7, 11) is 0. The van der Waals surface area contributed by atoms with E-state index in [1.807, 2.05) is 0 Å². The van der Waals surface area contributed by atoms with Crippen molar-refractivity contribution in [2.24, 2.45) is 5.73 Å². The molecule has 1 rings (SSSR count). The van der Waals surface area contributed by atoms with Crippen molar-refractivity contribution in [2.75, 3.05) is 19.6 Å². The third kappa shape index (κ3) is 7.34. The number of hydrogen-bond acceptors (Lipinski definition) is 3. The summed E-state index contributed by atoms with van der Waals surface area (Å²) in [5.74, 6) is -0.672. The van der Waals surface area contributed by atoms with Gasteiger partial charge in [0.15, 0.2) is 0 Å². The number of aliphatic carboxylic acids is 1. The largest absolute Gasteiger partial charge is 0.481 e. The van der Waals surface area contributed by atoms with Crippen LogP contribution in [0.5, 0.6) is 0 Å². The molecule has 100 valence electrons. The molecule has 1 aliphatic rings. The lowest BCUT2D eigenvalue weighted by Crippen LogP contribution is -2.39. The number of carboxylic acids is 1. The van der Waals surface area contributed by atoms with Crippen molar-refractivity contribution >= 4 is 5.97 Å². The Labute approximate surface area is 104 Å². The van der Waals surface area contributed by atoms with Crippen LogP contribution in [0.3, 0.4) is 0 Å². The molecule has 1 saturated heterocycles. The van der Waals surface area contributed by atoms with Gasteiger partial charge in [-0.15, -0.1) is 0 Å². The summed E-state index contributed by atoms with van der Waals surface area (Å²) in [6, 6.07) is 0.419. The molecule has 1 fully saturated rings. The molecule has 0 bridgehead atoms. The number of nitrogens with two attached hydrogens (primary N) is 1. The van der Waals surface area contributed by atoms with E-state index in [-0.39, 0.29) is 0 Å². The summed E-state index contributed by atoms with van der Waals surface area (Å²) in [5, 5.41) is 8.49. The second-order valence-electron chi connectivity index (χ2n) is 5.09. The molecule has 0 saturated carbocycles. The first kappa shape index (κ1) is 14.5. The summed E-state index contributed by atoms with van der Waals surface area (Å²) in [4.78, 5) is 12.8. The van der Waals surface area contributed by atoms with Gasteiger partial charge in [0.1, 0.15) is 0 Å². The van der Waals surface area contributed by atoms with E-state index in [0.29, 0.717) is 12.5 Å². The topological polar surface area (TPSA) is 66.6 Å².